The Kier molecular flexibility index (Phi) is 8.50. The van der Waals surface area contributed by atoms with Crippen LogP contribution in [0.2, 0.25) is 0 Å². The van der Waals surface area contributed by atoms with E-state index in [1.165, 1.54) is 5.56 Å². The summed E-state index contributed by atoms with van der Waals surface area (Å²) in [5, 5.41) is 10.4. The number of hydrogen-bond donors (Lipinski definition) is 1. The molecule has 0 bridgehead atoms. The van der Waals surface area contributed by atoms with Crippen LogP contribution in [0, 0.1) is 19.3 Å². The molecule has 38 heavy (non-hydrogen) atoms. The van der Waals surface area contributed by atoms with Gasteiger partial charge in [-0.15, -0.1) is 0 Å². The van der Waals surface area contributed by atoms with Crippen LogP contribution in [0.5, 0.6) is 0 Å². The number of carboxylic acids is 1. The molecule has 2 saturated heterocycles. The number of aryl methyl sites for hydroxylation is 2. The van der Waals surface area contributed by atoms with Gasteiger partial charge < -0.3 is 19.5 Å². The van der Waals surface area contributed by atoms with Crippen LogP contribution in [0.3, 0.4) is 0 Å². The fourth-order valence-electron chi connectivity index (χ4n) is 5.55. The molecule has 208 valence electrons. The van der Waals surface area contributed by atoms with Gasteiger partial charge in [0, 0.05) is 55.2 Å². The topological polar surface area (TPSA) is 75.1 Å². The van der Waals surface area contributed by atoms with Gasteiger partial charge in [0.15, 0.2) is 6.10 Å². The van der Waals surface area contributed by atoms with Crippen molar-refractivity contribution in [2.75, 3.05) is 44.3 Å². The molecule has 0 spiro atoms. The number of aliphatic carboxylic acids is 1. The van der Waals surface area contributed by atoms with E-state index in [2.05, 4.69) is 47.9 Å². The Balaban J connectivity index is 1.81. The molecular weight excluding hydrogens is 478 g/mol. The number of carboxylic acid groups (broad SMARTS) is 1. The summed E-state index contributed by atoms with van der Waals surface area (Å²) in [7, 11) is 0. The molecule has 2 aliphatic rings. The molecule has 2 aliphatic heterocycles. The molecule has 2 aromatic rings. The van der Waals surface area contributed by atoms with Crippen molar-refractivity contribution in [3.63, 3.8) is 0 Å². The zero-order valence-corrected chi connectivity index (χ0v) is 24.3. The van der Waals surface area contributed by atoms with E-state index in [0.29, 0.717) is 11.3 Å². The summed E-state index contributed by atoms with van der Waals surface area (Å²) in [6, 6.07) is 8.70. The molecule has 7 nitrogen and oxygen atoms in total. The Morgan fingerprint density at radius 3 is 2.21 bits per heavy atom. The molecule has 7 heteroatoms. The van der Waals surface area contributed by atoms with E-state index in [1.54, 1.807) is 0 Å². The highest BCUT2D eigenvalue weighted by atomic mass is 16.5. The summed E-state index contributed by atoms with van der Waals surface area (Å²) in [6.07, 6.45) is 0.984. The summed E-state index contributed by atoms with van der Waals surface area (Å²) in [6.45, 7) is 20.4. The summed E-state index contributed by atoms with van der Waals surface area (Å²) < 4.78 is 11.7. The van der Waals surface area contributed by atoms with Crippen LogP contribution in [0.1, 0.15) is 76.1 Å². The summed E-state index contributed by atoms with van der Waals surface area (Å²) in [5.74, 6) is -0.987. The second-order valence-corrected chi connectivity index (χ2v) is 12.6. The largest absolute Gasteiger partial charge is 0.479 e. The van der Waals surface area contributed by atoms with Crippen LogP contribution in [-0.4, -0.2) is 66.0 Å². The molecule has 1 aromatic carbocycles. The maximum Gasteiger partial charge on any atom is 0.337 e. The van der Waals surface area contributed by atoms with E-state index < -0.39 is 17.7 Å². The van der Waals surface area contributed by atoms with Crippen molar-refractivity contribution in [1.82, 2.24) is 9.88 Å². The third kappa shape index (κ3) is 6.74. The minimum Gasteiger partial charge on any atom is -0.479 e. The standard InChI is InChI=1S/C31H45N3O4/c1-21-25(24-10-8-23(9-11-24)20-33-16-18-37-19-17-33)27(34-14-12-31(6,7)13-15-34)26(22(2)32-21)28(29(35)36)38-30(3,4)5/h8-11,28H,12-20H2,1-7H3,(H,35,36). The van der Waals surface area contributed by atoms with Gasteiger partial charge in [0.25, 0.3) is 0 Å². The highest BCUT2D eigenvalue weighted by Gasteiger charge is 2.36. The fraction of sp³-hybridized carbons (Fsp3) is 0.613. The first-order valence-electron chi connectivity index (χ1n) is 13.9. The second kappa shape index (κ2) is 11.3. The Morgan fingerprint density at radius 1 is 1.05 bits per heavy atom. The molecule has 0 radical (unpaired) electrons. The molecular formula is C31H45N3O4. The fourth-order valence-corrected chi connectivity index (χ4v) is 5.55. The van der Waals surface area contributed by atoms with Gasteiger partial charge in [-0.2, -0.15) is 0 Å². The summed E-state index contributed by atoms with van der Waals surface area (Å²) >= 11 is 0. The minimum absolute atomic E-state index is 0.267. The van der Waals surface area contributed by atoms with Crippen molar-refractivity contribution in [3.8, 4) is 11.1 Å². The zero-order chi connectivity index (χ0) is 27.7. The normalized spacial score (nSPS) is 19.4. The molecule has 3 heterocycles. The van der Waals surface area contributed by atoms with Crippen LogP contribution < -0.4 is 4.90 Å². The minimum atomic E-state index is -1.10. The Bertz CT molecular complexity index is 1120. The number of rotatable bonds is 7. The smallest absolute Gasteiger partial charge is 0.337 e. The van der Waals surface area contributed by atoms with Crippen molar-refractivity contribution in [2.24, 2.45) is 5.41 Å². The Hall–Kier alpha value is -2.48. The van der Waals surface area contributed by atoms with Crippen molar-refractivity contribution < 1.29 is 19.4 Å². The van der Waals surface area contributed by atoms with Crippen LogP contribution in [-0.2, 0) is 20.8 Å². The number of benzene rings is 1. The van der Waals surface area contributed by atoms with Gasteiger partial charge in [0.1, 0.15) is 0 Å². The number of hydrogen-bond acceptors (Lipinski definition) is 6. The van der Waals surface area contributed by atoms with Crippen molar-refractivity contribution in [3.05, 3.63) is 46.8 Å². The number of carbonyl (C=O) groups is 1. The van der Waals surface area contributed by atoms with E-state index in [-0.39, 0.29) is 5.41 Å². The first-order valence-corrected chi connectivity index (χ1v) is 13.9. The third-order valence-electron chi connectivity index (χ3n) is 7.72. The van der Waals surface area contributed by atoms with E-state index in [1.807, 2.05) is 34.6 Å². The summed E-state index contributed by atoms with van der Waals surface area (Å²) in [5.41, 5.74) is 6.22. The zero-order valence-electron chi connectivity index (χ0n) is 24.3. The molecule has 1 atom stereocenters. The van der Waals surface area contributed by atoms with Gasteiger partial charge in [0.05, 0.1) is 24.5 Å². The maximum atomic E-state index is 12.6. The molecule has 1 aromatic heterocycles. The average molecular weight is 524 g/mol. The van der Waals surface area contributed by atoms with Gasteiger partial charge in [-0.3, -0.25) is 9.88 Å². The number of pyridine rings is 1. The van der Waals surface area contributed by atoms with Gasteiger partial charge in [0.2, 0.25) is 0 Å². The molecule has 0 aliphatic carbocycles. The first-order chi connectivity index (χ1) is 17.8. The van der Waals surface area contributed by atoms with E-state index in [4.69, 9.17) is 14.5 Å². The number of piperidine rings is 1. The van der Waals surface area contributed by atoms with Crippen LogP contribution in [0.15, 0.2) is 24.3 Å². The summed E-state index contributed by atoms with van der Waals surface area (Å²) in [4.78, 5) is 22.3. The molecule has 1 unspecified atom stereocenters. The molecule has 0 saturated carbocycles. The third-order valence-corrected chi connectivity index (χ3v) is 7.72. The first kappa shape index (κ1) is 28.5. The average Bonchev–Trinajstić information content (AvgIpc) is 2.83. The van der Waals surface area contributed by atoms with Crippen molar-refractivity contribution in [1.29, 1.82) is 0 Å². The lowest BCUT2D eigenvalue weighted by molar-refractivity contribution is -0.160. The van der Waals surface area contributed by atoms with Gasteiger partial charge >= 0.3 is 5.97 Å². The van der Waals surface area contributed by atoms with E-state index in [9.17, 15) is 9.90 Å². The van der Waals surface area contributed by atoms with Crippen LogP contribution in [0.4, 0.5) is 5.69 Å². The predicted octanol–water partition coefficient (Wildman–Crippen LogP) is 5.76. The van der Waals surface area contributed by atoms with Gasteiger partial charge in [-0.25, -0.2) is 4.79 Å². The maximum absolute atomic E-state index is 12.6. The van der Waals surface area contributed by atoms with E-state index >= 15 is 0 Å². The number of nitrogens with zero attached hydrogens (tertiary/aromatic N) is 3. The lowest BCUT2D eigenvalue weighted by Crippen LogP contribution is -2.39. The van der Waals surface area contributed by atoms with Gasteiger partial charge in [-0.1, -0.05) is 38.1 Å². The Morgan fingerprint density at radius 2 is 1.66 bits per heavy atom. The number of morpholine rings is 1. The SMILES string of the molecule is Cc1nc(C)c(C(OC(C)(C)C)C(=O)O)c(N2CCC(C)(C)CC2)c1-c1ccc(CN2CCOCC2)cc1. The molecule has 4 rings (SSSR count). The molecule has 0 amide bonds. The highest BCUT2D eigenvalue weighted by Crippen LogP contribution is 2.44. The van der Waals surface area contributed by atoms with Gasteiger partial charge in [-0.05, 0) is 64.0 Å². The Labute approximate surface area is 228 Å². The molecule has 1 N–H and O–H groups in total. The monoisotopic (exact) mass is 523 g/mol. The second-order valence-electron chi connectivity index (χ2n) is 12.6. The van der Waals surface area contributed by atoms with Crippen LogP contribution >= 0.6 is 0 Å². The number of aromatic nitrogens is 1. The lowest BCUT2D eigenvalue weighted by atomic mass is 9.81. The van der Waals surface area contributed by atoms with E-state index in [0.717, 1.165) is 81.3 Å². The lowest BCUT2D eigenvalue weighted by Gasteiger charge is -2.41. The van der Waals surface area contributed by atoms with Crippen molar-refractivity contribution in [2.45, 2.75) is 79.6 Å². The van der Waals surface area contributed by atoms with Crippen molar-refractivity contribution >= 4 is 11.7 Å². The van der Waals surface area contributed by atoms with Crippen LogP contribution in [0.25, 0.3) is 11.1 Å². The number of anilines is 1. The highest BCUT2D eigenvalue weighted by molar-refractivity contribution is 5.88. The predicted molar refractivity (Wildman–Crippen MR) is 152 cm³/mol. The number of ether oxygens (including phenoxy) is 2. The molecule has 2 fully saturated rings. The quantitative estimate of drug-likeness (QED) is 0.494.